The zero-order valence-corrected chi connectivity index (χ0v) is 10.1. The number of rotatable bonds is 5. The van der Waals surface area contributed by atoms with Gasteiger partial charge in [-0.05, 0) is 18.4 Å². The highest BCUT2D eigenvalue weighted by Crippen LogP contribution is 2.10. The lowest BCUT2D eigenvalue weighted by molar-refractivity contribution is 0.626. The summed E-state index contributed by atoms with van der Waals surface area (Å²) < 4.78 is 1.73. The maximum Gasteiger partial charge on any atom is 0.185 e. The molecule has 0 saturated carbocycles. The molecule has 0 radical (unpaired) electrons. The van der Waals surface area contributed by atoms with Crippen molar-refractivity contribution in [3.63, 3.8) is 0 Å². The summed E-state index contributed by atoms with van der Waals surface area (Å²) in [5.41, 5.74) is 2.53. The molecule has 4 nitrogen and oxygen atoms in total. The van der Waals surface area contributed by atoms with E-state index in [0.29, 0.717) is 12.2 Å². The van der Waals surface area contributed by atoms with Crippen LogP contribution < -0.4 is 0 Å². The van der Waals surface area contributed by atoms with Crippen molar-refractivity contribution in [2.45, 2.75) is 19.4 Å². The molecule has 0 unspecified atom stereocenters. The van der Waals surface area contributed by atoms with Crippen LogP contribution in [-0.2, 0) is 19.4 Å². The normalized spacial score (nSPS) is 9.94. The Morgan fingerprint density at radius 3 is 2.72 bits per heavy atom. The number of aromatic nitrogens is 3. The van der Waals surface area contributed by atoms with E-state index in [1.165, 1.54) is 5.56 Å². The third-order valence-corrected chi connectivity index (χ3v) is 2.74. The van der Waals surface area contributed by atoms with Gasteiger partial charge in [0.25, 0.3) is 0 Å². The molecule has 0 bridgehead atoms. The van der Waals surface area contributed by atoms with Crippen LogP contribution in [-0.4, -0.2) is 15.0 Å². The van der Waals surface area contributed by atoms with Gasteiger partial charge >= 0.3 is 0 Å². The Labute approximate surface area is 106 Å². The number of benzene rings is 1. The Morgan fingerprint density at radius 1 is 1.28 bits per heavy atom. The molecule has 90 valence electrons. The number of hydrogen-bond acceptors (Lipinski definition) is 3. The van der Waals surface area contributed by atoms with Gasteiger partial charge in [0, 0.05) is 0 Å². The number of allylic oxidation sites excluding steroid dienone is 1. The van der Waals surface area contributed by atoms with Crippen molar-refractivity contribution in [3.8, 4) is 6.07 Å². The summed E-state index contributed by atoms with van der Waals surface area (Å²) in [6.07, 6.45) is 3.38. The van der Waals surface area contributed by atoms with Crippen molar-refractivity contribution < 1.29 is 0 Å². The molecule has 0 aliphatic heterocycles. The molecular formula is C14H14N4. The van der Waals surface area contributed by atoms with Crippen molar-refractivity contribution >= 4 is 0 Å². The van der Waals surface area contributed by atoms with Crippen LogP contribution in [0.25, 0.3) is 0 Å². The number of hydrogen-bond donors (Lipinski definition) is 0. The van der Waals surface area contributed by atoms with E-state index < -0.39 is 0 Å². The van der Waals surface area contributed by atoms with Crippen LogP contribution in [0.3, 0.4) is 0 Å². The minimum Gasteiger partial charge on any atom is -0.244 e. The lowest BCUT2D eigenvalue weighted by atomic mass is 10.1. The third-order valence-electron chi connectivity index (χ3n) is 2.74. The zero-order chi connectivity index (χ0) is 12.8. The minimum absolute atomic E-state index is 0.410. The summed E-state index contributed by atoms with van der Waals surface area (Å²) in [4.78, 5) is 0. The molecule has 2 aromatic rings. The van der Waals surface area contributed by atoms with Gasteiger partial charge in [-0.15, -0.1) is 11.7 Å². The summed E-state index contributed by atoms with van der Waals surface area (Å²) in [6, 6.07) is 12.3. The van der Waals surface area contributed by atoms with Gasteiger partial charge in [-0.1, -0.05) is 41.6 Å². The predicted molar refractivity (Wildman–Crippen MR) is 68.8 cm³/mol. The fourth-order valence-electron chi connectivity index (χ4n) is 1.84. The summed E-state index contributed by atoms with van der Waals surface area (Å²) in [5, 5.41) is 16.8. The van der Waals surface area contributed by atoms with E-state index >= 15 is 0 Å². The molecule has 1 aromatic carbocycles. The molecule has 18 heavy (non-hydrogen) atoms. The van der Waals surface area contributed by atoms with Gasteiger partial charge in [0.05, 0.1) is 12.2 Å². The van der Waals surface area contributed by atoms with Crippen molar-refractivity contribution in [1.29, 1.82) is 5.26 Å². The second-order valence-corrected chi connectivity index (χ2v) is 3.95. The lowest BCUT2D eigenvalue weighted by Gasteiger charge is -2.04. The first-order valence-electron chi connectivity index (χ1n) is 5.82. The standard InChI is InChI=1S/C14H14N4/c1-2-10-18-14(13(11-15)16-17-18)9-8-12-6-4-3-5-7-12/h2-7H,1,8-10H2. The molecule has 0 spiro atoms. The molecule has 4 heteroatoms. The average molecular weight is 238 g/mol. The Bertz CT molecular complexity index is 563. The van der Waals surface area contributed by atoms with E-state index in [2.05, 4.69) is 35.1 Å². The van der Waals surface area contributed by atoms with E-state index in [4.69, 9.17) is 5.26 Å². The Balaban J connectivity index is 2.15. The van der Waals surface area contributed by atoms with Crippen molar-refractivity contribution in [3.05, 3.63) is 59.9 Å². The molecule has 0 aliphatic rings. The van der Waals surface area contributed by atoms with Gasteiger partial charge in [0.15, 0.2) is 5.69 Å². The number of nitriles is 1. The van der Waals surface area contributed by atoms with Gasteiger partial charge in [-0.25, -0.2) is 4.68 Å². The van der Waals surface area contributed by atoms with Gasteiger partial charge in [-0.2, -0.15) is 5.26 Å². The van der Waals surface area contributed by atoms with E-state index in [9.17, 15) is 0 Å². The zero-order valence-electron chi connectivity index (χ0n) is 10.1. The Kier molecular flexibility index (Phi) is 3.87. The largest absolute Gasteiger partial charge is 0.244 e. The summed E-state index contributed by atoms with van der Waals surface area (Å²) in [6.45, 7) is 4.26. The maximum absolute atomic E-state index is 9.01. The van der Waals surface area contributed by atoms with E-state index in [0.717, 1.165) is 18.5 Å². The average Bonchev–Trinajstić information content (AvgIpc) is 2.80. The van der Waals surface area contributed by atoms with Crippen LogP contribution in [0.2, 0.25) is 0 Å². The highest BCUT2D eigenvalue weighted by atomic mass is 15.4. The van der Waals surface area contributed by atoms with Crippen LogP contribution in [0.15, 0.2) is 43.0 Å². The Morgan fingerprint density at radius 2 is 2.06 bits per heavy atom. The topological polar surface area (TPSA) is 54.5 Å². The Hall–Kier alpha value is -2.41. The second kappa shape index (κ2) is 5.78. The highest BCUT2D eigenvalue weighted by Gasteiger charge is 2.11. The van der Waals surface area contributed by atoms with Gasteiger partial charge in [0.2, 0.25) is 0 Å². The van der Waals surface area contributed by atoms with Crippen molar-refractivity contribution in [2.24, 2.45) is 0 Å². The minimum atomic E-state index is 0.410. The lowest BCUT2D eigenvalue weighted by Crippen LogP contribution is -2.05. The first-order valence-corrected chi connectivity index (χ1v) is 5.82. The van der Waals surface area contributed by atoms with Gasteiger partial charge in [-0.3, -0.25) is 0 Å². The van der Waals surface area contributed by atoms with Crippen LogP contribution in [0, 0.1) is 11.3 Å². The van der Waals surface area contributed by atoms with Crippen LogP contribution in [0.4, 0.5) is 0 Å². The first-order chi connectivity index (χ1) is 8.85. The smallest absolute Gasteiger partial charge is 0.185 e. The van der Waals surface area contributed by atoms with Crippen molar-refractivity contribution in [2.75, 3.05) is 0 Å². The monoisotopic (exact) mass is 238 g/mol. The molecule has 0 amide bonds. The van der Waals surface area contributed by atoms with E-state index in [-0.39, 0.29) is 0 Å². The van der Waals surface area contributed by atoms with E-state index in [1.54, 1.807) is 10.8 Å². The number of nitrogens with zero attached hydrogens (tertiary/aromatic N) is 4. The fraction of sp³-hybridized carbons (Fsp3) is 0.214. The molecule has 0 atom stereocenters. The molecular weight excluding hydrogens is 224 g/mol. The quantitative estimate of drug-likeness (QED) is 0.750. The summed E-state index contributed by atoms with van der Waals surface area (Å²) >= 11 is 0. The molecule has 2 rings (SSSR count). The van der Waals surface area contributed by atoms with Crippen LogP contribution >= 0.6 is 0 Å². The predicted octanol–water partition coefficient (Wildman–Crippen LogP) is 2.12. The SMILES string of the molecule is C=CCn1nnc(C#N)c1CCc1ccccc1. The third kappa shape index (κ3) is 2.64. The van der Waals surface area contributed by atoms with Crippen LogP contribution in [0.1, 0.15) is 17.0 Å². The second-order valence-electron chi connectivity index (χ2n) is 3.95. The molecule has 0 fully saturated rings. The first kappa shape index (κ1) is 12.1. The highest BCUT2D eigenvalue weighted by molar-refractivity contribution is 5.26. The van der Waals surface area contributed by atoms with Gasteiger partial charge < -0.3 is 0 Å². The molecule has 1 aromatic heterocycles. The molecule has 0 saturated heterocycles. The number of aryl methyl sites for hydroxylation is 1. The summed E-state index contributed by atoms with van der Waals surface area (Å²) in [7, 11) is 0. The van der Waals surface area contributed by atoms with E-state index in [1.807, 2.05) is 18.2 Å². The van der Waals surface area contributed by atoms with Crippen LogP contribution in [0.5, 0.6) is 0 Å². The van der Waals surface area contributed by atoms with Gasteiger partial charge in [0.1, 0.15) is 6.07 Å². The maximum atomic E-state index is 9.01. The van der Waals surface area contributed by atoms with Crippen molar-refractivity contribution in [1.82, 2.24) is 15.0 Å². The molecule has 0 N–H and O–H groups in total. The molecule has 1 heterocycles. The summed E-state index contributed by atoms with van der Waals surface area (Å²) in [5.74, 6) is 0. The fourth-order valence-corrected chi connectivity index (χ4v) is 1.84. The molecule has 0 aliphatic carbocycles.